The van der Waals surface area contributed by atoms with Gasteiger partial charge in [-0.2, -0.15) is 0 Å². The van der Waals surface area contributed by atoms with E-state index < -0.39 is 0 Å². The van der Waals surface area contributed by atoms with Gasteiger partial charge in [0.25, 0.3) is 0 Å². The first-order chi connectivity index (χ1) is 10.2. The van der Waals surface area contributed by atoms with E-state index in [0.29, 0.717) is 25.3 Å². The van der Waals surface area contributed by atoms with Crippen LogP contribution in [0.15, 0.2) is 24.3 Å². The first-order valence-electron chi connectivity index (χ1n) is 8.23. The van der Waals surface area contributed by atoms with E-state index in [0.717, 1.165) is 6.42 Å². The van der Waals surface area contributed by atoms with Gasteiger partial charge in [-0.05, 0) is 42.2 Å². The van der Waals surface area contributed by atoms with Crippen LogP contribution in [0, 0.1) is 5.41 Å². The van der Waals surface area contributed by atoms with Gasteiger partial charge in [0.15, 0.2) is 0 Å². The molecule has 3 heteroatoms. The number of nitrogens with one attached hydrogen (secondary N) is 1. The molecule has 0 spiro atoms. The number of hydrogen-bond acceptors (Lipinski definition) is 2. The standard InChI is InChI=1S/C19H31NO2/c1-14(2)17-9-6-16(7-10-17)8-11-18(22)20-13-19(4,5)12-15(3)21/h6-7,9-10,14-15,21H,8,11-13H2,1-5H3,(H,20,22). The van der Waals surface area contributed by atoms with E-state index in [1.54, 1.807) is 6.92 Å². The predicted octanol–water partition coefficient (Wildman–Crippen LogP) is 3.66. The van der Waals surface area contributed by atoms with Crippen LogP contribution in [-0.4, -0.2) is 23.7 Å². The van der Waals surface area contributed by atoms with Crippen molar-refractivity contribution in [2.45, 2.75) is 65.9 Å². The van der Waals surface area contributed by atoms with E-state index in [4.69, 9.17) is 0 Å². The second-order valence-electron chi connectivity index (χ2n) is 7.39. The molecular weight excluding hydrogens is 274 g/mol. The molecule has 0 aliphatic heterocycles. The van der Waals surface area contributed by atoms with Crippen LogP contribution < -0.4 is 5.32 Å². The lowest BCUT2D eigenvalue weighted by Gasteiger charge is -2.26. The number of hydrogen-bond donors (Lipinski definition) is 2. The Morgan fingerprint density at radius 2 is 1.77 bits per heavy atom. The first-order valence-corrected chi connectivity index (χ1v) is 8.23. The number of benzene rings is 1. The summed E-state index contributed by atoms with van der Waals surface area (Å²) in [5.74, 6) is 0.611. The average molecular weight is 305 g/mol. The molecule has 3 nitrogen and oxygen atoms in total. The molecule has 0 saturated carbocycles. The van der Waals surface area contributed by atoms with E-state index in [2.05, 4.69) is 57.3 Å². The zero-order valence-electron chi connectivity index (χ0n) is 14.6. The van der Waals surface area contributed by atoms with Crippen molar-refractivity contribution in [3.05, 3.63) is 35.4 Å². The molecule has 0 fully saturated rings. The maximum Gasteiger partial charge on any atom is 0.220 e. The summed E-state index contributed by atoms with van der Waals surface area (Å²) >= 11 is 0. The fourth-order valence-corrected chi connectivity index (χ4v) is 2.63. The minimum atomic E-state index is -0.341. The van der Waals surface area contributed by atoms with Crippen LogP contribution in [-0.2, 0) is 11.2 Å². The maximum atomic E-state index is 12.0. The Morgan fingerprint density at radius 3 is 2.27 bits per heavy atom. The fourth-order valence-electron chi connectivity index (χ4n) is 2.63. The van der Waals surface area contributed by atoms with Crippen LogP contribution in [0.5, 0.6) is 0 Å². The van der Waals surface area contributed by atoms with Crippen molar-refractivity contribution >= 4 is 5.91 Å². The van der Waals surface area contributed by atoms with Gasteiger partial charge in [0.1, 0.15) is 0 Å². The Hall–Kier alpha value is -1.35. The van der Waals surface area contributed by atoms with Crippen LogP contribution in [0.1, 0.15) is 64.5 Å². The molecule has 1 atom stereocenters. The Morgan fingerprint density at radius 1 is 1.18 bits per heavy atom. The number of carbonyl (C=O) groups is 1. The van der Waals surface area contributed by atoms with E-state index in [-0.39, 0.29) is 17.4 Å². The monoisotopic (exact) mass is 305 g/mol. The molecule has 2 N–H and O–H groups in total. The van der Waals surface area contributed by atoms with E-state index in [1.807, 2.05) is 0 Å². The number of aliphatic hydroxyl groups is 1. The molecule has 1 unspecified atom stereocenters. The summed E-state index contributed by atoms with van der Waals surface area (Å²) in [7, 11) is 0. The second kappa shape index (κ2) is 8.33. The van der Waals surface area contributed by atoms with Crippen LogP contribution in [0.25, 0.3) is 0 Å². The minimum Gasteiger partial charge on any atom is -0.393 e. The topological polar surface area (TPSA) is 49.3 Å². The molecule has 0 aliphatic carbocycles. The van der Waals surface area contributed by atoms with E-state index >= 15 is 0 Å². The van der Waals surface area contributed by atoms with Gasteiger partial charge in [-0.3, -0.25) is 4.79 Å². The van der Waals surface area contributed by atoms with Gasteiger partial charge in [0.2, 0.25) is 5.91 Å². The summed E-state index contributed by atoms with van der Waals surface area (Å²) in [6.45, 7) is 10.9. The van der Waals surface area contributed by atoms with Crippen molar-refractivity contribution in [1.82, 2.24) is 5.32 Å². The third-order valence-electron chi connectivity index (χ3n) is 3.90. The largest absolute Gasteiger partial charge is 0.393 e. The summed E-state index contributed by atoms with van der Waals surface area (Å²) < 4.78 is 0. The number of aliphatic hydroxyl groups excluding tert-OH is 1. The van der Waals surface area contributed by atoms with Gasteiger partial charge >= 0.3 is 0 Å². The van der Waals surface area contributed by atoms with Crippen LogP contribution in [0.4, 0.5) is 0 Å². The molecule has 0 aromatic heterocycles. The highest BCUT2D eigenvalue weighted by atomic mass is 16.3. The maximum absolute atomic E-state index is 12.0. The zero-order chi connectivity index (χ0) is 16.8. The normalized spacial score (nSPS) is 13.2. The fraction of sp³-hybridized carbons (Fsp3) is 0.632. The summed E-state index contributed by atoms with van der Waals surface area (Å²) in [6, 6.07) is 8.51. The van der Waals surface area contributed by atoms with Gasteiger partial charge in [-0.1, -0.05) is 52.0 Å². The lowest BCUT2D eigenvalue weighted by atomic mass is 9.87. The SMILES string of the molecule is CC(O)CC(C)(C)CNC(=O)CCc1ccc(C(C)C)cc1. The molecule has 1 aromatic rings. The van der Waals surface area contributed by atoms with E-state index in [1.165, 1.54) is 11.1 Å². The molecule has 124 valence electrons. The van der Waals surface area contributed by atoms with Crippen molar-refractivity contribution in [3.8, 4) is 0 Å². The Bertz CT molecular complexity index is 461. The van der Waals surface area contributed by atoms with Crippen LogP contribution >= 0.6 is 0 Å². The van der Waals surface area contributed by atoms with Gasteiger partial charge < -0.3 is 10.4 Å². The van der Waals surface area contributed by atoms with Gasteiger partial charge in [-0.25, -0.2) is 0 Å². The highest BCUT2D eigenvalue weighted by molar-refractivity contribution is 5.76. The quantitative estimate of drug-likeness (QED) is 0.770. The molecule has 1 aromatic carbocycles. The highest BCUT2D eigenvalue weighted by Gasteiger charge is 2.20. The van der Waals surface area contributed by atoms with Crippen LogP contribution in [0.3, 0.4) is 0 Å². The third kappa shape index (κ3) is 7.08. The molecule has 0 aliphatic rings. The van der Waals surface area contributed by atoms with Crippen molar-refractivity contribution < 1.29 is 9.90 Å². The molecule has 0 saturated heterocycles. The van der Waals surface area contributed by atoms with Gasteiger partial charge in [0, 0.05) is 13.0 Å². The van der Waals surface area contributed by atoms with E-state index in [9.17, 15) is 9.90 Å². The number of amides is 1. The molecular formula is C19H31NO2. The Kier molecular flexibility index (Phi) is 7.08. The molecule has 22 heavy (non-hydrogen) atoms. The summed E-state index contributed by atoms with van der Waals surface area (Å²) in [5.41, 5.74) is 2.44. The van der Waals surface area contributed by atoms with Crippen molar-refractivity contribution in [2.75, 3.05) is 6.54 Å². The van der Waals surface area contributed by atoms with Gasteiger partial charge in [0.05, 0.1) is 6.10 Å². The summed E-state index contributed by atoms with van der Waals surface area (Å²) in [6.07, 6.45) is 1.61. The minimum absolute atomic E-state index is 0.0756. The molecule has 1 amide bonds. The van der Waals surface area contributed by atoms with Gasteiger partial charge in [-0.15, -0.1) is 0 Å². The Balaban J connectivity index is 2.37. The number of aryl methyl sites for hydroxylation is 1. The lowest BCUT2D eigenvalue weighted by Crippen LogP contribution is -2.35. The molecule has 0 radical (unpaired) electrons. The molecule has 0 bridgehead atoms. The van der Waals surface area contributed by atoms with Crippen LogP contribution in [0.2, 0.25) is 0 Å². The number of carbonyl (C=O) groups excluding carboxylic acids is 1. The highest BCUT2D eigenvalue weighted by Crippen LogP contribution is 2.21. The second-order valence-corrected chi connectivity index (χ2v) is 7.39. The summed E-state index contributed by atoms with van der Waals surface area (Å²) in [4.78, 5) is 12.0. The average Bonchev–Trinajstić information content (AvgIpc) is 2.42. The molecule has 0 heterocycles. The zero-order valence-corrected chi connectivity index (χ0v) is 14.6. The number of rotatable bonds is 8. The third-order valence-corrected chi connectivity index (χ3v) is 3.90. The van der Waals surface area contributed by atoms with Crippen molar-refractivity contribution in [1.29, 1.82) is 0 Å². The first kappa shape index (κ1) is 18.7. The summed E-state index contributed by atoms with van der Waals surface area (Å²) in [5, 5.41) is 12.4. The lowest BCUT2D eigenvalue weighted by molar-refractivity contribution is -0.121. The molecule has 1 rings (SSSR count). The Labute approximate surface area is 135 Å². The smallest absolute Gasteiger partial charge is 0.220 e. The predicted molar refractivity (Wildman–Crippen MR) is 91.9 cm³/mol. The van der Waals surface area contributed by atoms with Crippen molar-refractivity contribution in [3.63, 3.8) is 0 Å². The van der Waals surface area contributed by atoms with Crippen molar-refractivity contribution in [2.24, 2.45) is 5.41 Å².